The van der Waals surface area contributed by atoms with Gasteiger partial charge >= 0.3 is 45.6 Å². The molecule has 0 aromatic carbocycles. The summed E-state index contributed by atoms with van der Waals surface area (Å²) in [6.07, 6.45) is 0. The first-order chi connectivity index (χ1) is 0. The minimum Gasteiger partial charge on any atom is -0.0149 e. The Bertz CT molecular complexity index is 8.00. The zero-order chi connectivity index (χ0) is 0. The van der Waals surface area contributed by atoms with Gasteiger partial charge in [-0.3, -0.25) is 0 Å². The van der Waals surface area contributed by atoms with Crippen LogP contribution in [0, 0.1) is 0 Å². The van der Waals surface area contributed by atoms with E-state index in [0.29, 0.717) is 0 Å². The Kier molecular flexibility index (Phi) is 247. The van der Waals surface area contributed by atoms with Crippen LogP contribution in [-0.4, -0.2) is 56.6 Å². The van der Waals surface area contributed by atoms with Gasteiger partial charge in [0.1, 0.15) is 0 Å². The monoisotopic (exact) mass is 239 g/mol. The van der Waals surface area contributed by atoms with E-state index in [1.54, 1.807) is 0 Å². The van der Waals surface area contributed by atoms with E-state index in [1.165, 1.54) is 0 Å². The van der Waals surface area contributed by atoms with Crippen molar-refractivity contribution in [2.75, 3.05) is 0 Å². The number of hydrogen-bond donors (Lipinski definition) is 1. The van der Waals surface area contributed by atoms with E-state index in [-0.39, 0.29) is 62.7 Å². The molecule has 0 aromatic heterocycles. The SMILES string of the molecule is N.[GaH3].[InH3].[SiH4]. The smallest absolute Gasteiger partial charge is 0.0149 e. The van der Waals surface area contributed by atoms with Crippen LogP contribution in [-0.2, 0) is 0 Å². The zero-order valence-corrected chi connectivity index (χ0v) is 0.707. The van der Waals surface area contributed by atoms with Crippen LogP contribution in [0.1, 0.15) is 0 Å². The van der Waals surface area contributed by atoms with Crippen molar-refractivity contribution in [3.63, 3.8) is 0 Å². The third kappa shape index (κ3) is 9.36. The molecule has 4 heavy (non-hydrogen) atoms. The van der Waals surface area contributed by atoms with Gasteiger partial charge in [0, 0.05) is 0 Å². The van der Waals surface area contributed by atoms with Gasteiger partial charge in [0.2, 0.25) is 0 Å². The van der Waals surface area contributed by atoms with Crippen molar-refractivity contribution in [1.29, 1.82) is 0 Å². The van der Waals surface area contributed by atoms with E-state index in [4.69, 9.17) is 0 Å². The summed E-state index contributed by atoms with van der Waals surface area (Å²) >= 11 is 0. The summed E-state index contributed by atoms with van der Waals surface area (Å²) in [6, 6.07) is 0. The Hall–Kier alpha value is 1.68. The quantitative estimate of drug-likeness (QED) is 0.435. The largest absolute Gasteiger partial charge is 0.0149 e. The molecule has 0 radical (unpaired) electrons. The Morgan fingerprint density at radius 2 is 1.00 bits per heavy atom. The van der Waals surface area contributed by atoms with Crippen molar-refractivity contribution >= 4 is 56.6 Å². The molecule has 1 nitrogen and oxygen atoms in total. The zero-order valence-electron chi connectivity index (χ0n) is 0.707. The summed E-state index contributed by atoms with van der Waals surface area (Å²) in [7, 11) is 0. The number of rotatable bonds is 0. The molecule has 0 rings (SSSR count). The van der Waals surface area contributed by atoms with E-state index < -0.39 is 0 Å². The average molecular weight is 240 g/mol. The van der Waals surface area contributed by atoms with Crippen LogP contribution >= 0.6 is 0 Å². The van der Waals surface area contributed by atoms with Crippen molar-refractivity contribution in [2.45, 2.75) is 0 Å². The van der Waals surface area contributed by atoms with Gasteiger partial charge in [-0.05, 0) is 11.0 Å². The Balaban J connectivity index is 0. The summed E-state index contributed by atoms with van der Waals surface area (Å²) in [4.78, 5) is 0. The van der Waals surface area contributed by atoms with Crippen molar-refractivity contribution in [2.24, 2.45) is 0 Å². The summed E-state index contributed by atoms with van der Waals surface area (Å²) < 4.78 is 0. The second-order valence-electron chi connectivity index (χ2n) is 0. The van der Waals surface area contributed by atoms with Gasteiger partial charge in [0.25, 0.3) is 0 Å². The van der Waals surface area contributed by atoms with E-state index in [1.807, 2.05) is 0 Å². The third-order valence-corrected chi connectivity index (χ3v) is 0. The molecule has 0 aliphatic carbocycles. The fourth-order valence-electron chi connectivity index (χ4n) is 0. The normalized spacial score (nSPS) is 0. The second-order valence-corrected chi connectivity index (χ2v) is 0. The second kappa shape index (κ2) is 22.4. The van der Waals surface area contributed by atoms with Crippen LogP contribution in [0.2, 0.25) is 0 Å². The maximum atomic E-state index is 0. The van der Waals surface area contributed by atoms with Crippen LogP contribution in [0.3, 0.4) is 0 Å². The fourth-order valence-corrected chi connectivity index (χ4v) is 0. The van der Waals surface area contributed by atoms with Crippen LogP contribution in [0.4, 0.5) is 0 Å². The summed E-state index contributed by atoms with van der Waals surface area (Å²) in [5.74, 6) is 0. The van der Waals surface area contributed by atoms with Crippen molar-refractivity contribution in [1.82, 2.24) is 6.15 Å². The molecule has 3 N–H and O–H groups in total. The molecule has 0 heterocycles. The van der Waals surface area contributed by atoms with Crippen LogP contribution in [0.5, 0.6) is 0 Å². The molecule has 0 amide bonds. The van der Waals surface area contributed by atoms with Gasteiger partial charge in [0.15, 0.2) is 0 Å². The molecule has 0 spiro atoms. The average Bonchev–Trinajstić information content (AvgIpc) is 0. The molecule has 0 aromatic rings. The van der Waals surface area contributed by atoms with E-state index >= 15 is 0 Å². The van der Waals surface area contributed by atoms with Gasteiger partial charge in [-0.25, -0.2) is 0 Å². The Morgan fingerprint density at radius 3 is 1.00 bits per heavy atom. The van der Waals surface area contributed by atoms with Gasteiger partial charge in [-0.1, -0.05) is 0 Å². The predicted molar refractivity (Wildman–Crippen MR) is 36.2 cm³/mol. The molecule has 0 unspecified atom stereocenters. The Labute approximate surface area is 62.4 Å². The summed E-state index contributed by atoms with van der Waals surface area (Å²) in [5.41, 5.74) is 0. The summed E-state index contributed by atoms with van der Waals surface area (Å²) in [5, 5.41) is 0. The topological polar surface area (TPSA) is 35.0 Å². The molecule has 0 saturated carbocycles. The van der Waals surface area contributed by atoms with Gasteiger partial charge in [-0.2, -0.15) is 0 Å². The van der Waals surface area contributed by atoms with Crippen LogP contribution in [0.25, 0.3) is 0 Å². The van der Waals surface area contributed by atoms with Crippen LogP contribution in [0.15, 0.2) is 0 Å². The van der Waals surface area contributed by atoms with Gasteiger partial charge in [0.05, 0.1) is 0 Å². The standard InChI is InChI=1S/Ga.In.H3N.H4Si.6H/h;;1H3;1H4;;;;;;. The first-order valence-corrected chi connectivity index (χ1v) is 0. The molecule has 0 saturated heterocycles. The predicted octanol–water partition coefficient (Wildman–Crippen LogP) is -3.66. The molecule has 28 valence electrons. The molecule has 0 aliphatic rings. The Morgan fingerprint density at radius 1 is 1.00 bits per heavy atom. The molecule has 0 bridgehead atoms. The maximum Gasteiger partial charge on any atom is -0.0149 e. The molecular weight excluding hydrogens is 227 g/mol. The minimum absolute atomic E-state index is 0. The van der Waals surface area contributed by atoms with E-state index in [2.05, 4.69) is 0 Å². The number of hydrogen-bond acceptors (Lipinski definition) is 1. The van der Waals surface area contributed by atoms with Crippen LogP contribution < -0.4 is 6.15 Å². The molecule has 0 atom stereocenters. The van der Waals surface area contributed by atoms with Crippen molar-refractivity contribution in [3.05, 3.63) is 0 Å². The van der Waals surface area contributed by atoms with E-state index in [0.717, 1.165) is 0 Å². The minimum atomic E-state index is 0. The third-order valence-electron chi connectivity index (χ3n) is 0. The molecular formula is H13GaInNSi. The van der Waals surface area contributed by atoms with Crippen molar-refractivity contribution in [3.8, 4) is 0 Å². The molecule has 0 fully saturated rings. The van der Waals surface area contributed by atoms with Gasteiger partial charge < -0.3 is 6.15 Å². The van der Waals surface area contributed by atoms with Gasteiger partial charge in [-0.15, -0.1) is 0 Å². The molecule has 0 aliphatic heterocycles. The maximum absolute atomic E-state index is 0. The van der Waals surface area contributed by atoms with Crippen molar-refractivity contribution < 1.29 is 0 Å². The fraction of sp³-hybridized carbons (Fsp3) is 0. The first-order valence-electron chi connectivity index (χ1n) is 0. The molecule has 4 heteroatoms. The van der Waals surface area contributed by atoms with E-state index in [9.17, 15) is 0 Å². The first kappa shape index (κ1) is 44.0. The summed E-state index contributed by atoms with van der Waals surface area (Å²) in [6.45, 7) is 0.